The highest BCUT2D eigenvalue weighted by Gasteiger charge is 2.15. The van der Waals surface area contributed by atoms with E-state index in [9.17, 15) is 4.79 Å². The molecule has 0 N–H and O–H groups in total. The molecule has 0 aliphatic rings. The van der Waals surface area contributed by atoms with Gasteiger partial charge >= 0.3 is 5.97 Å². The summed E-state index contributed by atoms with van der Waals surface area (Å²) in [4.78, 5) is 12.4. The van der Waals surface area contributed by atoms with Crippen LogP contribution in [-0.2, 0) is 15.9 Å². The average Bonchev–Trinajstić information content (AvgIpc) is 2.63. The summed E-state index contributed by atoms with van der Waals surface area (Å²) in [7, 11) is 1.66. The summed E-state index contributed by atoms with van der Waals surface area (Å²) in [6, 6.07) is 7.82. The normalized spacial score (nSPS) is 12.1. The van der Waals surface area contributed by atoms with Crippen LogP contribution in [0.4, 0.5) is 0 Å². The monoisotopic (exact) mass is 348 g/mol. The third kappa shape index (κ3) is 9.64. The maximum atomic E-state index is 12.4. The Morgan fingerprint density at radius 1 is 0.920 bits per heavy atom. The third-order valence-electron chi connectivity index (χ3n) is 4.51. The number of benzene rings is 1. The zero-order valence-corrected chi connectivity index (χ0v) is 16.4. The highest BCUT2D eigenvalue weighted by atomic mass is 16.6. The van der Waals surface area contributed by atoms with Crippen molar-refractivity contribution >= 4 is 5.97 Å². The molecule has 0 heterocycles. The smallest absolute Gasteiger partial charge is 0.338 e. The van der Waals surface area contributed by atoms with Crippen molar-refractivity contribution < 1.29 is 14.3 Å². The largest absolute Gasteiger partial charge is 0.456 e. The zero-order chi connectivity index (χ0) is 18.3. The number of ether oxygens (including phenoxy) is 2. The van der Waals surface area contributed by atoms with Crippen LogP contribution in [0.25, 0.3) is 0 Å². The molecule has 0 saturated carbocycles. The van der Waals surface area contributed by atoms with Crippen LogP contribution in [0.2, 0.25) is 0 Å². The van der Waals surface area contributed by atoms with Gasteiger partial charge in [-0.3, -0.25) is 0 Å². The number of hydrogen-bond donors (Lipinski definition) is 0. The summed E-state index contributed by atoms with van der Waals surface area (Å²) in [6.45, 7) is 4.88. The predicted octanol–water partition coefficient (Wildman–Crippen LogP) is 5.95. The number of carbonyl (C=O) groups excluding carboxylic acids is 1. The van der Waals surface area contributed by atoms with Crippen LogP contribution < -0.4 is 0 Å². The van der Waals surface area contributed by atoms with E-state index in [2.05, 4.69) is 13.8 Å². The Morgan fingerprint density at radius 3 is 2.20 bits per heavy atom. The second-order valence-corrected chi connectivity index (χ2v) is 6.84. The van der Waals surface area contributed by atoms with E-state index in [1.807, 2.05) is 24.3 Å². The maximum Gasteiger partial charge on any atom is 0.338 e. The number of rotatable bonds is 14. The molecule has 0 aromatic heterocycles. The number of unbranched alkanes of at least 4 members (excludes halogenated alkanes) is 6. The molecule has 0 saturated heterocycles. The Labute approximate surface area is 154 Å². The number of hydrogen-bond acceptors (Lipinski definition) is 3. The van der Waals surface area contributed by atoms with Crippen LogP contribution in [0, 0.1) is 0 Å². The second kappa shape index (κ2) is 13.9. The molecular weight excluding hydrogens is 312 g/mol. The first-order valence-corrected chi connectivity index (χ1v) is 10.00. The number of esters is 1. The van der Waals surface area contributed by atoms with E-state index >= 15 is 0 Å². The second-order valence-electron chi connectivity index (χ2n) is 6.84. The lowest BCUT2D eigenvalue weighted by molar-refractivity contribution is 0.00237. The number of carbonyl (C=O) groups is 1. The van der Waals surface area contributed by atoms with Gasteiger partial charge in [0.1, 0.15) is 6.10 Å². The molecule has 142 valence electrons. The summed E-state index contributed by atoms with van der Waals surface area (Å²) in [5.74, 6) is -0.241. The first kappa shape index (κ1) is 21.7. The van der Waals surface area contributed by atoms with E-state index in [-0.39, 0.29) is 12.1 Å². The van der Waals surface area contributed by atoms with Crippen molar-refractivity contribution in [1.82, 2.24) is 0 Å². The lowest BCUT2D eigenvalue weighted by Crippen LogP contribution is -2.23. The van der Waals surface area contributed by atoms with Crippen LogP contribution in [0.15, 0.2) is 24.3 Å². The fourth-order valence-electron chi connectivity index (χ4n) is 2.92. The molecule has 3 nitrogen and oxygen atoms in total. The van der Waals surface area contributed by atoms with Crippen molar-refractivity contribution in [3.63, 3.8) is 0 Å². The van der Waals surface area contributed by atoms with Gasteiger partial charge in [0, 0.05) is 7.11 Å². The molecule has 3 heteroatoms. The molecule has 0 aliphatic heterocycles. The van der Waals surface area contributed by atoms with Gasteiger partial charge in [-0.2, -0.15) is 0 Å². The topological polar surface area (TPSA) is 35.5 Å². The molecule has 0 spiro atoms. The first-order valence-electron chi connectivity index (χ1n) is 10.00. The van der Waals surface area contributed by atoms with Gasteiger partial charge in [-0.1, -0.05) is 64.5 Å². The Hall–Kier alpha value is -1.35. The standard InChI is InChI=1S/C22H36O3/c1-4-6-8-9-10-11-13-21(18-24-3)25-22(23)20-16-14-19(15-17-20)12-7-5-2/h14-17,21H,4-13,18H2,1-3H3. The van der Waals surface area contributed by atoms with E-state index < -0.39 is 0 Å². The Bertz CT molecular complexity index is 453. The fourth-order valence-corrected chi connectivity index (χ4v) is 2.92. The van der Waals surface area contributed by atoms with E-state index in [4.69, 9.17) is 9.47 Å². The molecule has 0 bridgehead atoms. The summed E-state index contributed by atoms with van der Waals surface area (Å²) in [5.41, 5.74) is 1.91. The van der Waals surface area contributed by atoms with Gasteiger partial charge in [-0.15, -0.1) is 0 Å². The van der Waals surface area contributed by atoms with Gasteiger partial charge < -0.3 is 9.47 Å². The molecule has 1 rings (SSSR count). The average molecular weight is 349 g/mol. The van der Waals surface area contributed by atoms with Crippen molar-refractivity contribution in [3.05, 3.63) is 35.4 Å². The summed E-state index contributed by atoms with van der Waals surface area (Å²) >= 11 is 0. The van der Waals surface area contributed by atoms with E-state index in [1.165, 1.54) is 50.5 Å². The zero-order valence-electron chi connectivity index (χ0n) is 16.4. The minimum Gasteiger partial charge on any atom is -0.456 e. The third-order valence-corrected chi connectivity index (χ3v) is 4.51. The summed E-state index contributed by atoms with van der Waals surface area (Å²) in [5, 5.41) is 0. The van der Waals surface area contributed by atoms with Gasteiger partial charge in [-0.25, -0.2) is 4.79 Å². The van der Waals surface area contributed by atoms with Gasteiger partial charge in [0.25, 0.3) is 0 Å². The van der Waals surface area contributed by atoms with Crippen LogP contribution in [0.3, 0.4) is 0 Å². The van der Waals surface area contributed by atoms with Gasteiger partial charge in [0.05, 0.1) is 12.2 Å². The van der Waals surface area contributed by atoms with Crippen molar-refractivity contribution in [2.45, 2.75) is 84.2 Å². The Morgan fingerprint density at radius 2 is 1.56 bits per heavy atom. The van der Waals surface area contributed by atoms with Crippen LogP contribution >= 0.6 is 0 Å². The quantitative estimate of drug-likeness (QED) is 0.308. The van der Waals surface area contributed by atoms with E-state index in [0.29, 0.717) is 12.2 Å². The van der Waals surface area contributed by atoms with Crippen molar-refractivity contribution in [2.75, 3.05) is 13.7 Å². The fraction of sp³-hybridized carbons (Fsp3) is 0.682. The molecule has 0 radical (unpaired) electrons. The minimum atomic E-state index is -0.241. The van der Waals surface area contributed by atoms with Crippen molar-refractivity contribution in [2.24, 2.45) is 0 Å². The Balaban J connectivity index is 2.41. The molecule has 1 aromatic rings. The highest BCUT2D eigenvalue weighted by Crippen LogP contribution is 2.14. The molecule has 0 aliphatic carbocycles. The SMILES string of the molecule is CCCCCCCCC(COC)OC(=O)c1ccc(CCCC)cc1. The minimum absolute atomic E-state index is 0.150. The summed E-state index contributed by atoms with van der Waals surface area (Å²) in [6.07, 6.45) is 11.6. The van der Waals surface area contributed by atoms with E-state index in [0.717, 1.165) is 19.3 Å². The molecule has 1 atom stereocenters. The lowest BCUT2D eigenvalue weighted by atomic mass is 10.1. The Kier molecular flexibility index (Phi) is 12.0. The first-order chi connectivity index (χ1) is 12.2. The van der Waals surface area contributed by atoms with Gasteiger partial charge in [-0.05, 0) is 43.4 Å². The lowest BCUT2D eigenvalue weighted by Gasteiger charge is -2.17. The molecule has 0 fully saturated rings. The molecule has 25 heavy (non-hydrogen) atoms. The predicted molar refractivity (Wildman–Crippen MR) is 104 cm³/mol. The van der Waals surface area contributed by atoms with Crippen LogP contribution in [0.5, 0.6) is 0 Å². The molecule has 1 aromatic carbocycles. The van der Waals surface area contributed by atoms with Gasteiger partial charge in [0.15, 0.2) is 0 Å². The maximum absolute atomic E-state index is 12.4. The van der Waals surface area contributed by atoms with Crippen LogP contribution in [0.1, 0.15) is 87.6 Å². The summed E-state index contributed by atoms with van der Waals surface area (Å²) < 4.78 is 10.9. The van der Waals surface area contributed by atoms with E-state index in [1.54, 1.807) is 7.11 Å². The van der Waals surface area contributed by atoms with Crippen molar-refractivity contribution in [1.29, 1.82) is 0 Å². The number of methoxy groups -OCH3 is 1. The molecular formula is C22H36O3. The van der Waals surface area contributed by atoms with Crippen molar-refractivity contribution in [3.8, 4) is 0 Å². The van der Waals surface area contributed by atoms with Crippen LogP contribution in [-0.4, -0.2) is 25.8 Å². The molecule has 1 unspecified atom stereocenters. The molecule has 0 amide bonds. The highest BCUT2D eigenvalue weighted by molar-refractivity contribution is 5.89. The van der Waals surface area contributed by atoms with Gasteiger partial charge in [0.2, 0.25) is 0 Å². The number of aryl methyl sites for hydroxylation is 1.